The van der Waals surface area contributed by atoms with Gasteiger partial charge in [0.05, 0.1) is 12.1 Å². The van der Waals surface area contributed by atoms with Crippen LogP contribution in [-0.4, -0.2) is 54.7 Å². The first-order valence-electron chi connectivity index (χ1n) is 8.60. The first-order chi connectivity index (χ1) is 11.5. The zero-order valence-electron chi connectivity index (χ0n) is 14.4. The van der Waals surface area contributed by atoms with Gasteiger partial charge in [-0.25, -0.2) is 9.59 Å². The number of benzene rings is 1. The van der Waals surface area contributed by atoms with E-state index in [2.05, 4.69) is 36.5 Å². The molecule has 1 heterocycles. The molecule has 130 valence electrons. The summed E-state index contributed by atoms with van der Waals surface area (Å²) in [5.74, 6) is 0. The Morgan fingerprint density at radius 2 is 1.67 bits per heavy atom. The highest BCUT2D eigenvalue weighted by Gasteiger charge is 2.46. The van der Waals surface area contributed by atoms with Crippen molar-refractivity contribution >= 4 is 12.1 Å². The minimum Gasteiger partial charge on any atom is -0.450 e. The number of rotatable bonds is 3. The zero-order chi connectivity index (χ0) is 17.2. The first kappa shape index (κ1) is 16.6. The van der Waals surface area contributed by atoms with Crippen molar-refractivity contribution in [2.24, 2.45) is 0 Å². The molecule has 2 aliphatic rings. The van der Waals surface area contributed by atoms with E-state index in [1.807, 2.05) is 0 Å². The molecule has 24 heavy (non-hydrogen) atoms. The topological polar surface area (TPSA) is 61.9 Å². The molecule has 1 aliphatic heterocycles. The normalized spacial score (nSPS) is 18.9. The molecule has 6 nitrogen and oxygen atoms in total. The van der Waals surface area contributed by atoms with Gasteiger partial charge in [0, 0.05) is 26.2 Å². The molecule has 3 amide bonds. The third-order valence-corrected chi connectivity index (χ3v) is 4.79. The number of piperazine rings is 1. The fraction of sp³-hybridized carbons (Fsp3) is 0.556. The Kier molecular flexibility index (Phi) is 4.64. The molecule has 0 atom stereocenters. The number of nitrogens with one attached hydrogen (secondary N) is 1. The summed E-state index contributed by atoms with van der Waals surface area (Å²) in [6, 6.07) is 8.32. The summed E-state index contributed by atoms with van der Waals surface area (Å²) < 4.78 is 5.00. The van der Waals surface area contributed by atoms with Crippen LogP contribution in [0.4, 0.5) is 9.59 Å². The summed E-state index contributed by atoms with van der Waals surface area (Å²) in [5.41, 5.74) is 2.19. The maximum absolute atomic E-state index is 12.6. The predicted octanol–water partition coefficient (Wildman–Crippen LogP) is 2.47. The van der Waals surface area contributed by atoms with Crippen LogP contribution in [0.5, 0.6) is 0 Å². The maximum Gasteiger partial charge on any atom is 0.409 e. The number of hydrogen-bond donors (Lipinski definition) is 1. The molecule has 0 unspecified atom stereocenters. The van der Waals surface area contributed by atoms with E-state index in [1.54, 1.807) is 16.7 Å². The van der Waals surface area contributed by atoms with Gasteiger partial charge in [-0.1, -0.05) is 29.8 Å². The van der Waals surface area contributed by atoms with Crippen molar-refractivity contribution in [1.82, 2.24) is 15.1 Å². The second kappa shape index (κ2) is 6.71. The number of nitrogens with zero attached hydrogens (tertiary/aromatic N) is 2. The third-order valence-electron chi connectivity index (χ3n) is 4.79. The minimum atomic E-state index is -0.295. The van der Waals surface area contributed by atoms with Crippen molar-refractivity contribution in [3.05, 3.63) is 35.4 Å². The largest absolute Gasteiger partial charge is 0.450 e. The van der Waals surface area contributed by atoms with Crippen LogP contribution in [0.2, 0.25) is 0 Å². The molecule has 1 saturated carbocycles. The fourth-order valence-electron chi connectivity index (χ4n) is 3.07. The smallest absolute Gasteiger partial charge is 0.409 e. The Bertz CT molecular complexity index is 602. The molecular weight excluding hydrogens is 306 g/mol. The molecular formula is C18H25N3O3. The summed E-state index contributed by atoms with van der Waals surface area (Å²) in [7, 11) is 0. The molecule has 1 N–H and O–H groups in total. The van der Waals surface area contributed by atoms with Crippen molar-refractivity contribution in [2.75, 3.05) is 32.8 Å². The average molecular weight is 331 g/mol. The highest BCUT2D eigenvalue weighted by Crippen LogP contribution is 2.45. The van der Waals surface area contributed by atoms with Gasteiger partial charge in [-0.15, -0.1) is 0 Å². The van der Waals surface area contributed by atoms with Crippen LogP contribution in [0.15, 0.2) is 24.3 Å². The maximum atomic E-state index is 12.6. The number of aryl methyl sites for hydroxylation is 1. The lowest BCUT2D eigenvalue weighted by Crippen LogP contribution is -2.54. The van der Waals surface area contributed by atoms with Crippen molar-refractivity contribution in [3.8, 4) is 0 Å². The van der Waals surface area contributed by atoms with Crippen LogP contribution >= 0.6 is 0 Å². The molecule has 1 aliphatic carbocycles. The summed E-state index contributed by atoms with van der Waals surface area (Å²) in [4.78, 5) is 27.7. The van der Waals surface area contributed by atoms with Gasteiger partial charge in [-0.05, 0) is 32.3 Å². The summed E-state index contributed by atoms with van der Waals surface area (Å²) in [5, 5.41) is 3.19. The van der Waals surface area contributed by atoms with Crippen LogP contribution in [0, 0.1) is 6.92 Å². The van der Waals surface area contributed by atoms with Gasteiger partial charge in [0.1, 0.15) is 0 Å². The van der Waals surface area contributed by atoms with Crippen LogP contribution in [0.3, 0.4) is 0 Å². The summed E-state index contributed by atoms with van der Waals surface area (Å²) in [6.45, 7) is 6.34. The van der Waals surface area contributed by atoms with Gasteiger partial charge in [-0.2, -0.15) is 0 Å². The van der Waals surface area contributed by atoms with Crippen molar-refractivity contribution < 1.29 is 14.3 Å². The standard InChI is InChI=1S/C18H25N3O3/c1-3-24-17(23)21-12-10-20(11-13-21)16(22)19-18(8-9-18)15-6-4-14(2)5-7-15/h4-7H,3,8-13H2,1-2H3,(H,19,22). The minimum absolute atomic E-state index is 0.0448. The van der Waals surface area contributed by atoms with Gasteiger partial charge in [0.25, 0.3) is 0 Å². The molecule has 1 saturated heterocycles. The summed E-state index contributed by atoms with van der Waals surface area (Å²) in [6.07, 6.45) is 1.66. The molecule has 0 radical (unpaired) electrons. The van der Waals surface area contributed by atoms with E-state index in [9.17, 15) is 9.59 Å². The van der Waals surface area contributed by atoms with Crippen molar-refractivity contribution in [1.29, 1.82) is 0 Å². The molecule has 0 spiro atoms. The number of carbonyl (C=O) groups is 2. The average Bonchev–Trinajstić information content (AvgIpc) is 3.36. The van der Waals surface area contributed by atoms with Crippen LogP contribution in [0.25, 0.3) is 0 Å². The van der Waals surface area contributed by atoms with E-state index in [1.165, 1.54) is 11.1 Å². The predicted molar refractivity (Wildman–Crippen MR) is 90.8 cm³/mol. The number of urea groups is 1. The van der Waals surface area contributed by atoms with Gasteiger partial charge in [0.2, 0.25) is 0 Å². The Labute approximate surface area is 142 Å². The number of amides is 3. The molecule has 3 rings (SSSR count). The van der Waals surface area contributed by atoms with E-state index >= 15 is 0 Å². The molecule has 0 aromatic heterocycles. The number of carbonyl (C=O) groups excluding carboxylic acids is 2. The highest BCUT2D eigenvalue weighted by atomic mass is 16.6. The lowest BCUT2D eigenvalue weighted by Gasteiger charge is -2.35. The van der Waals surface area contributed by atoms with Gasteiger partial charge < -0.3 is 19.9 Å². The SMILES string of the molecule is CCOC(=O)N1CCN(C(=O)NC2(c3ccc(C)cc3)CC2)CC1. The lowest BCUT2D eigenvalue weighted by atomic mass is 10.0. The van der Waals surface area contributed by atoms with E-state index in [-0.39, 0.29) is 17.7 Å². The van der Waals surface area contributed by atoms with E-state index in [4.69, 9.17) is 4.74 Å². The Morgan fingerprint density at radius 1 is 1.08 bits per heavy atom. The Morgan fingerprint density at radius 3 is 2.21 bits per heavy atom. The van der Waals surface area contributed by atoms with Crippen molar-refractivity contribution in [2.45, 2.75) is 32.2 Å². The van der Waals surface area contributed by atoms with Gasteiger partial charge >= 0.3 is 12.1 Å². The Hall–Kier alpha value is -2.24. The monoisotopic (exact) mass is 331 g/mol. The molecule has 1 aromatic rings. The molecule has 0 bridgehead atoms. The quantitative estimate of drug-likeness (QED) is 0.925. The van der Waals surface area contributed by atoms with Gasteiger partial charge in [0.15, 0.2) is 0 Å². The molecule has 2 fully saturated rings. The molecule has 1 aromatic carbocycles. The van der Waals surface area contributed by atoms with Gasteiger partial charge in [-0.3, -0.25) is 0 Å². The van der Waals surface area contributed by atoms with Crippen LogP contribution in [-0.2, 0) is 10.3 Å². The van der Waals surface area contributed by atoms with Crippen LogP contribution < -0.4 is 5.32 Å². The Balaban J connectivity index is 1.55. The van der Waals surface area contributed by atoms with E-state index < -0.39 is 0 Å². The second-order valence-corrected chi connectivity index (χ2v) is 6.55. The lowest BCUT2D eigenvalue weighted by molar-refractivity contribution is 0.0846. The van der Waals surface area contributed by atoms with E-state index in [0.717, 1.165) is 12.8 Å². The zero-order valence-corrected chi connectivity index (χ0v) is 14.4. The van der Waals surface area contributed by atoms with Crippen molar-refractivity contribution in [3.63, 3.8) is 0 Å². The number of hydrogen-bond acceptors (Lipinski definition) is 3. The fourth-order valence-corrected chi connectivity index (χ4v) is 3.07. The van der Waals surface area contributed by atoms with Crippen LogP contribution in [0.1, 0.15) is 30.9 Å². The summed E-state index contributed by atoms with van der Waals surface area (Å²) >= 11 is 0. The first-order valence-corrected chi connectivity index (χ1v) is 8.60. The third kappa shape index (κ3) is 3.47. The molecule has 6 heteroatoms. The highest BCUT2D eigenvalue weighted by molar-refractivity contribution is 5.76. The number of ether oxygens (including phenoxy) is 1. The van der Waals surface area contributed by atoms with E-state index in [0.29, 0.717) is 32.8 Å². The second-order valence-electron chi connectivity index (χ2n) is 6.55.